The third kappa shape index (κ3) is 0.585. The van der Waals surface area contributed by atoms with Crippen LogP contribution in [0.15, 0.2) is 0 Å². The zero-order valence-corrected chi connectivity index (χ0v) is 8.14. The Morgan fingerprint density at radius 2 is 2.25 bits per heavy atom. The highest BCUT2D eigenvalue weighted by Crippen LogP contribution is 2.80. The Balaban J connectivity index is 1.81. The van der Waals surface area contributed by atoms with Crippen molar-refractivity contribution in [2.75, 3.05) is 6.54 Å². The van der Waals surface area contributed by atoms with E-state index in [4.69, 9.17) is 0 Å². The van der Waals surface area contributed by atoms with E-state index in [0.717, 1.165) is 29.2 Å². The molecule has 0 spiro atoms. The molecule has 0 heterocycles. The van der Waals surface area contributed by atoms with E-state index < -0.39 is 0 Å². The molecule has 0 aromatic rings. The molecule has 4 aliphatic rings. The second-order valence-electron chi connectivity index (χ2n) is 5.00. The molecule has 1 nitrogen and oxygen atoms in total. The molecule has 4 fully saturated rings. The number of hydrogen-bond donors (Lipinski definition) is 1. The first-order chi connectivity index (χ1) is 5.83. The molecule has 0 aromatic heterocycles. The van der Waals surface area contributed by atoms with Crippen molar-refractivity contribution in [1.29, 1.82) is 0 Å². The molecule has 0 amide bonds. The van der Waals surface area contributed by atoms with Crippen molar-refractivity contribution in [1.82, 2.24) is 5.32 Å². The van der Waals surface area contributed by atoms with Gasteiger partial charge in [-0.05, 0) is 49.0 Å². The lowest BCUT2D eigenvalue weighted by molar-refractivity contribution is 0.430. The Hall–Kier alpha value is -0.0400. The fourth-order valence-corrected chi connectivity index (χ4v) is 4.52. The van der Waals surface area contributed by atoms with E-state index in [9.17, 15) is 0 Å². The van der Waals surface area contributed by atoms with E-state index in [0.29, 0.717) is 0 Å². The van der Waals surface area contributed by atoms with E-state index in [-0.39, 0.29) is 0 Å². The van der Waals surface area contributed by atoms with Crippen LogP contribution in [0.25, 0.3) is 0 Å². The van der Waals surface area contributed by atoms with Gasteiger partial charge in [-0.15, -0.1) is 0 Å². The summed E-state index contributed by atoms with van der Waals surface area (Å²) in [6.45, 7) is 5.81. The van der Waals surface area contributed by atoms with Gasteiger partial charge in [-0.2, -0.15) is 0 Å². The number of nitrogens with one attached hydrogen (secondary N) is 1. The summed E-state index contributed by atoms with van der Waals surface area (Å²) in [5, 5.41) is 3.69. The minimum atomic E-state index is 0.845. The highest BCUT2D eigenvalue weighted by Gasteiger charge is 2.77. The van der Waals surface area contributed by atoms with Crippen LogP contribution in [0.3, 0.4) is 0 Å². The second-order valence-corrected chi connectivity index (χ2v) is 5.00. The Morgan fingerprint density at radius 1 is 1.42 bits per heavy atom. The summed E-state index contributed by atoms with van der Waals surface area (Å²) in [4.78, 5) is 0. The van der Waals surface area contributed by atoms with Crippen molar-refractivity contribution in [3.8, 4) is 0 Å². The lowest BCUT2D eigenvalue weighted by atomic mass is 10.0. The van der Waals surface area contributed by atoms with Gasteiger partial charge in [0.2, 0.25) is 0 Å². The summed E-state index contributed by atoms with van der Waals surface area (Å²) < 4.78 is 0. The van der Waals surface area contributed by atoms with Gasteiger partial charge in [-0.25, -0.2) is 0 Å². The minimum Gasteiger partial charge on any atom is -0.314 e. The molecule has 0 aromatic carbocycles. The van der Waals surface area contributed by atoms with E-state index in [2.05, 4.69) is 19.2 Å². The summed E-state index contributed by atoms with van der Waals surface area (Å²) in [7, 11) is 0. The summed E-state index contributed by atoms with van der Waals surface area (Å²) in [6, 6.07) is 0.917. The molecule has 0 radical (unpaired) electrons. The van der Waals surface area contributed by atoms with Crippen molar-refractivity contribution >= 4 is 0 Å². The third-order valence-electron chi connectivity index (χ3n) is 4.92. The maximum atomic E-state index is 3.69. The monoisotopic (exact) mass is 165 g/mol. The minimum absolute atomic E-state index is 0.845. The van der Waals surface area contributed by atoms with E-state index >= 15 is 0 Å². The molecular formula is C11H19N. The normalized spacial score (nSPS) is 59.5. The lowest BCUT2D eigenvalue weighted by Crippen LogP contribution is -2.32. The van der Waals surface area contributed by atoms with Gasteiger partial charge in [0, 0.05) is 6.04 Å². The Labute approximate surface area is 74.9 Å². The predicted molar refractivity (Wildman–Crippen MR) is 49.9 cm³/mol. The fourth-order valence-electron chi connectivity index (χ4n) is 4.52. The summed E-state index contributed by atoms with van der Waals surface area (Å²) in [5.74, 6) is 3.28. The van der Waals surface area contributed by atoms with Gasteiger partial charge in [0.05, 0.1) is 0 Å². The highest BCUT2D eigenvalue weighted by atomic mass is 15.0. The largest absolute Gasteiger partial charge is 0.314 e. The molecule has 0 unspecified atom stereocenters. The number of rotatable bonds is 3. The molecule has 12 heavy (non-hydrogen) atoms. The molecule has 68 valence electrons. The van der Waals surface area contributed by atoms with Gasteiger partial charge in [0.25, 0.3) is 0 Å². The molecule has 4 bridgehead atoms. The molecule has 1 N–H and O–H groups in total. The first kappa shape index (κ1) is 7.37. The third-order valence-corrected chi connectivity index (χ3v) is 4.92. The van der Waals surface area contributed by atoms with Crippen molar-refractivity contribution in [3.63, 3.8) is 0 Å². The fraction of sp³-hybridized carbons (Fsp3) is 1.00. The smallest absolute Gasteiger partial charge is 0.0132 e. The Morgan fingerprint density at radius 3 is 2.75 bits per heavy atom. The average Bonchev–Trinajstić information content (AvgIpc) is 2.49. The molecule has 4 aliphatic carbocycles. The standard InChI is InChI=1S/C11H19N/c1-3-11-6-7-5-8(11)9(11)10(7)12-4-2/h7-10,12H,3-6H2,1-2H3/t7-,8-,9-,10+,11-/m1/s1. The average molecular weight is 165 g/mol. The molecule has 5 atom stereocenters. The van der Waals surface area contributed by atoms with Crippen LogP contribution < -0.4 is 5.32 Å². The van der Waals surface area contributed by atoms with Crippen LogP contribution in [-0.4, -0.2) is 12.6 Å². The van der Waals surface area contributed by atoms with Gasteiger partial charge < -0.3 is 5.32 Å². The zero-order chi connectivity index (χ0) is 8.34. The van der Waals surface area contributed by atoms with Crippen LogP contribution in [0.2, 0.25) is 0 Å². The van der Waals surface area contributed by atoms with Gasteiger partial charge in [0.15, 0.2) is 0 Å². The first-order valence-corrected chi connectivity index (χ1v) is 5.57. The van der Waals surface area contributed by atoms with Gasteiger partial charge in [0.1, 0.15) is 0 Å². The molecule has 4 rings (SSSR count). The van der Waals surface area contributed by atoms with Crippen molar-refractivity contribution in [3.05, 3.63) is 0 Å². The van der Waals surface area contributed by atoms with Crippen LogP contribution in [-0.2, 0) is 0 Å². The quantitative estimate of drug-likeness (QED) is 0.674. The lowest BCUT2D eigenvalue weighted by Gasteiger charge is -2.14. The van der Waals surface area contributed by atoms with Crippen LogP contribution in [0, 0.1) is 23.2 Å². The molecular weight excluding hydrogens is 146 g/mol. The summed E-state index contributed by atoms with van der Waals surface area (Å²) in [5.41, 5.74) is 0.845. The molecule has 0 saturated heterocycles. The SMILES string of the molecule is CCN[C@H]1[C@@H]2C[C@@H]3[C@H]1[C@]3(CC)C2. The van der Waals surface area contributed by atoms with Gasteiger partial charge in [-0.1, -0.05) is 13.8 Å². The second kappa shape index (κ2) is 2.06. The van der Waals surface area contributed by atoms with E-state index in [1.807, 2.05) is 0 Å². The molecule has 4 saturated carbocycles. The van der Waals surface area contributed by atoms with Crippen LogP contribution in [0.1, 0.15) is 33.1 Å². The topological polar surface area (TPSA) is 12.0 Å². The van der Waals surface area contributed by atoms with E-state index in [1.165, 1.54) is 13.0 Å². The van der Waals surface area contributed by atoms with Crippen molar-refractivity contribution < 1.29 is 0 Å². The Kier molecular flexibility index (Phi) is 1.27. The first-order valence-electron chi connectivity index (χ1n) is 5.57. The van der Waals surface area contributed by atoms with Crippen LogP contribution >= 0.6 is 0 Å². The maximum Gasteiger partial charge on any atom is 0.0132 e. The zero-order valence-electron chi connectivity index (χ0n) is 8.14. The van der Waals surface area contributed by atoms with Crippen LogP contribution in [0.5, 0.6) is 0 Å². The highest BCUT2D eigenvalue weighted by molar-refractivity contribution is 5.27. The van der Waals surface area contributed by atoms with Crippen LogP contribution in [0.4, 0.5) is 0 Å². The molecule has 0 aliphatic heterocycles. The molecule has 1 heteroatoms. The van der Waals surface area contributed by atoms with Gasteiger partial charge >= 0.3 is 0 Å². The van der Waals surface area contributed by atoms with E-state index in [1.54, 1.807) is 12.8 Å². The Bertz CT molecular complexity index is 213. The summed E-state index contributed by atoms with van der Waals surface area (Å²) >= 11 is 0. The van der Waals surface area contributed by atoms with Gasteiger partial charge in [-0.3, -0.25) is 0 Å². The predicted octanol–water partition coefficient (Wildman–Crippen LogP) is 2.03. The van der Waals surface area contributed by atoms with Crippen molar-refractivity contribution in [2.45, 2.75) is 39.2 Å². The maximum absolute atomic E-state index is 3.69. The summed E-state index contributed by atoms with van der Waals surface area (Å²) in [6.07, 6.45) is 4.55. The van der Waals surface area contributed by atoms with Crippen molar-refractivity contribution in [2.24, 2.45) is 23.2 Å². The number of hydrogen-bond acceptors (Lipinski definition) is 1.